The van der Waals surface area contributed by atoms with Crippen LogP contribution in [0.15, 0.2) is 23.1 Å². The fourth-order valence-corrected chi connectivity index (χ4v) is 5.55. The van der Waals surface area contributed by atoms with Gasteiger partial charge in [-0.05, 0) is 56.3 Å². The van der Waals surface area contributed by atoms with E-state index in [-0.39, 0.29) is 40.9 Å². The van der Waals surface area contributed by atoms with Gasteiger partial charge < -0.3 is 15.8 Å². The first-order valence-electron chi connectivity index (χ1n) is 9.16. The Kier molecular flexibility index (Phi) is 7.50. The first kappa shape index (κ1) is 21.9. The van der Waals surface area contributed by atoms with Crippen molar-refractivity contribution >= 4 is 28.3 Å². The lowest BCUT2D eigenvalue weighted by molar-refractivity contribution is 0.0928. The fraction of sp³-hybridized carbons (Fsp3) is 0.611. The largest absolute Gasteiger partial charge is 0.495 e. The molecule has 7 nitrogen and oxygen atoms in total. The van der Waals surface area contributed by atoms with E-state index in [1.165, 1.54) is 17.5 Å². The molecule has 0 bridgehead atoms. The topological polar surface area (TPSA) is 102 Å². The Morgan fingerprint density at radius 3 is 2.59 bits per heavy atom. The van der Waals surface area contributed by atoms with Gasteiger partial charge in [-0.15, -0.1) is 12.4 Å². The summed E-state index contributed by atoms with van der Waals surface area (Å²) >= 11 is 0. The smallest absolute Gasteiger partial charge is 0.251 e. The Balaban J connectivity index is 0.00000261. The van der Waals surface area contributed by atoms with E-state index in [4.69, 9.17) is 10.5 Å². The van der Waals surface area contributed by atoms with Gasteiger partial charge in [0.15, 0.2) is 0 Å². The van der Waals surface area contributed by atoms with Gasteiger partial charge in [-0.25, -0.2) is 8.42 Å². The van der Waals surface area contributed by atoms with Crippen LogP contribution in [-0.2, 0) is 10.0 Å². The van der Waals surface area contributed by atoms with Crippen molar-refractivity contribution in [2.24, 2.45) is 11.7 Å². The minimum atomic E-state index is -3.67. The van der Waals surface area contributed by atoms with Gasteiger partial charge >= 0.3 is 0 Å². The maximum atomic E-state index is 12.9. The molecule has 1 saturated heterocycles. The number of carbonyl (C=O) groups excluding carboxylic acids is 1. The summed E-state index contributed by atoms with van der Waals surface area (Å²) in [4.78, 5) is 12.7. The van der Waals surface area contributed by atoms with Crippen LogP contribution in [0.3, 0.4) is 0 Å². The normalized spacial score (nSPS) is 23.0. The second kappa shape index (κ2) is 9.23. The predicted molar refractivity (Wildman–Crippen MR) is 106 cm³/mol. The maximum Gasteiger partial charge on any atom is 0.251 e. The highest BCUT2D eigenvalue weighted by atomic mass is 35.5. The van der Waals surface area contributed by atoms with Crippen LogP contribution in [0.5, 0.6) is 5.75 Å². The quantitative estimate of drug-likeness (QED) is 0.734. The van der Waals surface area contributed by atoms with Crippen LogP contribution in [0.25, 0.3) is 0 Å². The third kappa shape index (κ3) is 4.56. The highest BCUT2D eigenvalue weighted by molar-refractivity contribution is 7.89. The molecule has 0 aromatic heterocycles. The number of benzene rings is 1. The van der Waals surface area contributed by atoms with Crippen molar-refractivity contribution < 1.29 is 17.9 Å². The van der Waals surface area contributed by atoms with Crippen LogP contribution < -0.4 is 15.8 Å². The summed E-state index contributed by atoms with van der Waals surface area (Å²) in [7, 11) is -2.24. The van der Waals surface area contributed by atoms with Gasteiger partial charge in [0, 0.05) is 24.7 Å². The van der Waals surface area contributed by atoms with Crippen molar-refractivity contribution in [3.63, 3.8) is 0 Å². The van der Waals surface area contributed by atoms with Gasteiger partial charge in [-0.1, -0.05) is 6.42 Å². The zero-order valence-electron chi connectivity index (χ0n) is 15.5. The van der Waals surface area contributed by atoms with E-state index >= 15 is 0 Å². The summed E-state index contributed by atoms with van der Waals surface area (Å²) in [5.41, 5.74) is 6.10. The lowest BCUT2D eigenvalue weighted by Crippen LogP contribution is -2.40. The Labute approximate surface area is 167 Å². The van der Waals surface area contributed by atoms with Crippen molar-refractivity contribution in [2.75, 3.05) is 26.7 Å². The molecule has 1 heterocycles. The number of nitrogens with two attached hydrogens (primary N) is 1. The van der Waals surface area contributed by atoms with Gasteiger partial charge in [0.2, 0.25) is 10.0 Å². The maximum absolute atomic E-state index is 12.9. The second-order valence-electron chi connectivity index (χ2n) is 6.98. The van der Waals surface area contributed by atoms with E-state index in [0.717, 1.165) is 32.1 Å². The van der Waals surface area contributed by atoms with Gasteiger partial charge in [-0.2, -0.15) is 4.31 Å². The van der Waals surface area contributed by atoms with E-state index < -0.39 is 10.0 Å². The second-order valence-corrected chi connectivity index (χ2v) is 8.89. The molecule has 27 heavy (non-hydrogen) atoms. The molecular formula is C18H28ClN3O4S. The van der Waals surface area contributed by atoms with E-state index in [9.17, 15) is 13.2 Å². The van der Waals surface area contributed by atoms with E-state index in [0.29, 0.717) is 25.2 Å². The van der Waals surface area contributed by atoms with Crippen LogP contribution in [0.1, 0.15) is 42.5 Å². The van der Waals surface area contributed by atoms with Crippen LogP contribution in [-0.4, -0.2) is 51.4 Å². The highest BCUT2D eigenvalue weighted by Crippen LogP contribution is 2.30. The zero-order valence-corrected chi connectivity index (χ0v) is 17.2. The number of carbonyl (C=O) groups is 1. The molecule has 1 aromatic rings. The molecule has 152 valence electrons. The highest BCUT2D eigenvalue weighted by Gasteiger charge is 2.32. The average molecular weight is 418 g/mol. The van der Waals surface area contributed by atoms with Crippen LogP contribution in [0, 0.1) is 5.92 Å². The van der Waals surface area contributed by atoms with Gasteiger partial charge in [0.1, 0.15) is 10.6 Å². The standard InChI is InChI=1S/C18H27N3O4S.ClH/c1-25-16-8-7-13(18(22)20-15-6-4-5-14(15)12-19)11-17(16)26(23,24)21-9-2-3-10-21;/h7-8,11,14-15H,2-6,9-10,12,19H2,1H3,(H,20,22);1H. The molecule has 2 fully saturated rings. The summed E-state index contributed by atoms with van der Waals surface area (Å²) < 4.78 is 32.6. The fourth-order valence-electron chi connectivity index (χ4n) is 3.85. The summed E-state index contributed by atoms with van der Waals surface area (Å²) in [6, 6.07) is 4.62. The van der Waals surface area contributed by atoms with Crippen LogP contribution in [0.2, 0.25) is 0 Å². The molecule has 2 unspecified atom stereocenters. The van der Waals surface area contributed by atoms with Crippen LogP contribution in [0.4, 0.5) is 0 Å². The van der Waals surface area contributed by atoms with E-state index in [1.807, 2.05) is 0 Å². The molecule has 2 atom stereocenters. The molecule has 1 aliphatic heterocycles. The summed E-state index contributed by atoms with van der Waals surface area (Å²) in [6.45, 7) is 1.55. The third-order valence-electron chi connectivity index (χ3n) is 5.39. The molecule has 2 aliphatic rings. The summed E-state index contributed by atoms with van der Waals surface area (Å²) in [5.74, 6) is 0.273. The summed E-state index contributed by atoms with van der Waals surface area (Å²) in [6.07, 6.45) is 4.67. The number of amides is 1. The van der Waals surface area contributed by atoms with E-state index in [1.54, 1.807) is 12.1 Å². The Hall–Kier alpha value is -1.35. The van der Waals surface area contributed by atoms with Crippen molar-refractivity contribution in [1.29, 1.82) is 0 Å². The number of hydrogen-bond donors (Lipinski definition) is 2. The van der Waals surface area contributed by atoms with E-state index in [2.05, 4.69) is 5.32 Å². The molecule has 0 radical (unpaired) electrons. The number of nitrogens with zero attached hydrogens (tertiary/aromatic N) is 1. The third-order valence-corrected chi connectivity index (χ3v) is 7.31. The number of ether oxygens (including phenoxy) is 1. The predicted octanol–water partition coefficient (Wildman–Crippen LogP) is 1.76. The Morgan fingerprint density at radius 2 is 1.96 bits per heavy atom. The Morgan fingerprint density at radius 1 is 1.26 bits per heavy atom. The number of sulfonamides is 1. The molecule has 0 spiro atoms. The molecule has 1 aromatic carbocycles. The zero-order chi connectivity index (χ0) is 18.7. The number of methoxy groups -OCH3 is 1. The van der Waals surface area contributed by atoms with Crippen molar-refractivity contribution in [1.82, 2.24) is 9.62 Å². The number of hydrogen-bond acceptors (Lipinski definition) is 5. The minimum Gasteiger partial charge on any atom is -0.495 e. The molecule has 9 heteroatoms. The van der Waals surface area contributed by atoms with Gasteiger partial charge in [0.25, 0.3) is 5.91 Å². The lowest BCUT2D eigenvalue weighted by atomic mass is 10.0. The average Bonchev–Trinajstić information content (AvgIpc) is 3.33. The number of rotatable bonds is 6. The SMILES string of the molecule is COc1ccc(C(=O)NC2CCCC2CN)cc1S(=O)(=O)N1CCCC1.Cl. The molecule has 1 saturated carbocycles. The number of nitrogens with one attached hydrogen (secondary N) is 1. The minimum absolute atomic E-state index is 0. The van der Waals surface area contributed by atoms with Gasteiger partial charge in [0.05, 0.1) is 7.11 Å². The first-order valence-corrected chi connectivity index (χ1v) is 10.6. The van der Waals surface area contributed by atoms with Crippen molar-refractivity contribution in [2.45, 2.75) is 43.0 Å². The molecule has 3 N–H and O–H groups in total. The molecule has 1 aliphatic carbocycles. The van der Waals surface area contributed by atoms with Crippen molar-refractivity contribution in [3.8, 4) is 5.75 Å². The number of halogens is 1. The van der Waals surface area contributed by atoms with Gasteiger partial charge in [-0.3, -0.25) is 4.79 Å². The summed E-state index contributed by atoms with van der Waals surface area (Å²) in [5, 5.41) is 3.01. The lowest BCUT2D eigenvalue weighted by Gasteiger charge is -2.21. The molecular weight excluding hydrogens is 390 g/mol. The molecule has 1 amide bonds. The molecule has 3 rings (SSSR count). The van der Waals surface area contributed by atoms with Crippen molar-refractivity contribution in [3.05, 3.63) is 23.8 Å². The van der Waals surface area contributed by atoms with Crippen LogP contribution >= 0.6 is 12.4 Å². The first-order chi connectivity index (χ1) is 12.5. The monoisotopic (exact) mass is 417 g/mol. The Bertz CT molecular complexity index is 766.